The molecule has 4 heteroatoms. The molecule has 1 aromatic carbocycles. The number of aliphatic imine (C=N–C) groups is 1. The third-order valence-corrected chi connectivity index (χ3v) is 4.38. The second kappa shape index (κ2) is 4.44. The first kappa shape index (κ1) is 12.3. The smallest absolute Gasteiger partial charge is 0.196 e. The number of nitrogens with two attached hydrogens (primary N) is 1. The van der Waals surface area contributed by atoms with Crippen LogP contribution in [0.2, 0.25) is 0 Å². The minimum atomic E-state index is 0.0931. The zero-order chi connectivity index (χ0) is 13.5. The molecular weight excluding hydrogens is 238 g/mol. The minimum Gasteiger partial charge on any atom is -0.497 e. The number of guanidine groups is 1. The second-order valence-electron chi connectivity index (χ2n) is 5.78. The molecule has 1 spiro atoms. The number of rotatable bonds is 2. The van der Waals surface area contributed by atoms with Crippen LogP contribution in [-0.4, -0.2) is 25.2 Å². The summed E-state index contributed by atoms with van der Waals surface area (Å²) in [5.74, 6) is 2.25. The molecule has 102 valence electrons. The molecule has 0 radical (unpaired) electrons. The normalized spacial score (nSPS) is 29.9. The highest BCUT2D eigenvalue weighted by molar-refractivity contribution is 5.98. The van der Waals surface area contributed by atoms with Crippen molar-refractivity contribution in [3.63, 3.8) is 0 Å². The molecule has 2 atom stereocenters. The van der Waals surface area contributed by atoms with Gasteiger partial charge >= 0.3 is 0 Å². The van der Waals surface area contributed by atoms with Crippen LogP contribution in [0, 0.1) is 5.92 Å². The Morgan fingerprint density at radius 3 is 3.00 bits per heavy atom. The number of benzene rings is 1. The Bertz CT molecular complexity index is 514. The first-order valence-corrected chi connectivity index (χ1v) is 6.89. The van der Waals surface area contributed by atoms with Crippen LogP contribution in [0.25, 0.3) is 0 Å². The van der Waals surface area contributed by atoms with Gasteiger partial charge in [0.05, 0.1) is 19.2 Å². The van der Waals surface area contributed by atoms with Crippen LogP contribution in [-0.2, 0) is 0 Å². The summed E-state index contributed by atoms with van der Waals surface area (Å²) in [7, 11) is 1.69. The van der Waals surface area contributed by atoms with E-state index in [1.165, 1.54) is 6.42 Å². The van der Waals surface area contributed by atoms with Gasteiger partial charge < -0.3 is 15.4 Å². The summed E-state index contributed by atoms with van der Waals surface area (Å²) in [4.78, 5) is 6.72. The van der Waals surface area contributed by atoms with Crippen molar-refractivity contribution in [2.24, 2.45) is 16.6 Å². The van der Waals surface area contributed by atoms with Crippen molar-refractivity contribution in [1.29, 1.82) is 0 Å². The van der Waals surface area contributed by atoms with Gasteiger partial charge in [-0.2, -0.15) is 0 Å². The molecule has 0 amide bonds. The van der Waals surface area contributed by atoms with Crippen LogP contribution in [0.4, 0.5) is 5.69 Å². The highest BCUT2D eigenvalue weighted by Gasteiger charge is 2.47. The Morgan fingerprint density at radius 2 is 2.32 bits per heavy atom. The predicted octanol–water partition coefficient (Wildman–Crippen LogP) is 2.39. The molecule has 4 nitrogen and oxygen atoms in total. The van der Waals surface area contributed by atoms with Gasteiger partial charge in [-0.05, 0) is 37.3 Å². The van der Waals surface area contributed by atoms with Gasteiger partial charge in [-0.15, -0.1) is 0 Å². The summed E-state index contributed by atoms with van der Waals surface area (Å²) in [6.45, 7) is 3.13. The highest BCUT2D eigenvalue weighted by atomic mass is 16.5. The van der Waals surface area contributed by atoms with Crippen molar-refractivity contribution in [1.82, 2.24) is 0 Å². The van der Waals surface area contributed by atoms with Crippen LogP contribution in [0.3, 0.4) is 0 Å². The number of methoxy groups -OCH3 is 1. The zero-order valence-corrected chi connectivity index (χ0v) is 11.6. The topological polar surface area (TPSA) is 50.9 Å². The fourth-order valence-corrected chi connectivity index (χ4v) is 3.48. The van der Waals surface area contributed by atoms with Gasteiger partial charge in [0.2, 0.25) is 0 Å². The molecule has 3 rings (SSSR count). The van der Waals surface area contributed by atoms with Crippen molar-refractivity contribution in [3.05, 3.63) is 24.3 Å². The molecule has 1 fully saturated rings. The van der Waals surface area contributed by atoms with Crippen LogP contribution in [0.1, 0.15) is 26.2 Å². The van der Waals surface area contributed by atoms with Gasteiger partial charge in [0.1, 0.15) is 5.75 Å². The SMILES string of the molecule is COc1cccc(N2C(N)=NCC23CCC(C)C3)c1. The lowest BCUT2D eigenvalue weighted by atomic mass is 9.94. The van der Waals surface area contributed by atoms with Crippen molar-refractivity contribution in [3.8, 4) is 5.75 Å². The Kier molecular flexibility index (Phi) is 2.88. The molecule has 0 aromatic heterocycles. The van der Waals surface area contributed by atoms with Gasteiger partial charge in [0.15, 0.2) is 5.96 Å². The molecule has 2 aliphatic rings. The third-order valence-electron chi connectivity index (χ3n) is 4.38. The number of nitrogens with zero attached hydrogens (tertiary/aromatic N) is 2. The van der Waals surface area contributed by atoms with E-state index in [0.29, 0.717) is 5.96 Å². The maximum atomic E-state index is 6.14. The van der Waals surface area contributed by atoms with E-state index in [4.69, 9.17) is 10.5 Å². The predicted molar refractivity (Wildman–Crippen MR) is 77.7 cm³/mol. The second-order valence-corrected chi connectivity index (χ2v) is 5.78. The number of ether oxygens (including phenoxy) is 1. The standard InChI is InChI=1S/C15H21N3O/c1-11-6-7-15(9-11)10-17-14(16)18(15)12-4-3-5-13(8-12)19-2/h3-5,8,11H,6-7,9-10H2,1-2H3,(H2,16,17). The van der Waals surface area contributed by atoms with E-state index >= 15 is 0 Å². The fraction of sp³-hybridized carbons (Fsp3) is 0.533. The first-order valence-electron chi connectivity index (χ1n) is 6.89. The van der Waals surface area contributed by atoms with Gasteiger partial charge in [-0.3, -0.25) is 4.99 Å². The molecule has 2 unspecified atom stereocenters. The minimum absolute atomic E-state index is 0.0931. The molecule has 1 aliphatic heterocycles. The Morgan fingerprint density at radius 1 is 1.47 bits per heavy atom. The summed E-state index contributed by atoms with van der Waals surface area (Å²) >= 11 is 0. The summed E-state index contributed by atoms with van der Waals surface area (Å²) in [6, 6.07) is 8.09. The number of hydrogen-bond donors (Lipinski definition) is 1. The lowest BCUT2D eigenvalue weighted by molar-refractivity contribution is 0.413. The molecule has 2 N–H and O–H groups in total. The average Bonchev–Trinajstić information content (AvgIpc) is 2.94. The zero-order valence-electron chi connectivity index (χ0n) is 11.6. The van der Waals surface area contributed by atoms with Crippen LogP contribution < -0.4 is 15.4 Å². The van der Waals surface area contributed by atoms with Crippen LogP contribution in [0.15, 0.2) is 29.3 Å². The third kappa shape index (κ3) is 1.95. The summed E-state index contributed by atoms with van der Waals surface area (Å²) in [6.07, 6.45) is 3.58. The van der Waals surface area contributed by atoms with Gasteiger partial charge in [0, 0.05) is 11.8 Å². The average molecular weight is 259 g/mol. The van der Waals surface area contributed by atoms with Crippen molar-refractivity contribution < 1.29 is 4.74 Å². The van der Waals surface area contributed by atoms with E-state index in [-0.39, 0.29) is 5.54 Å². The van der Waals surface area contributed by atoms with Crippen LogP contribution in [0.5, 0.6) is 5.75 Å². The van der Waals surface area contributed by atoms with E-state index in [2.05, 4.69) is 22.9 Å². The molecule has 1 aliphatic carbocycles. The molecular formula is C15H21N3O. The summed E-state index contributed by atoms with van der Waals surface area (Å²) in [5, 5.41) is 0. The summed E-state index contributed by atoms with van der Waals surface area (Å²) < 4.78 is 5.31. The van der Waals surface area contributed by atoms with Crippen molar-refractivity contribution in [2.45, 2.75) is 31.7 Å². The Balaban J connectivity index is 1.98. The van der Waals surface area contributed by atoms with E-state index < -0.39 is 0 Å². The van der Waals surface area contributed by atoms with Crippen LogP contribution >= 0.6 is 0 Å². The Hall–Kier alpha value is -1.71. The van der Waals surface area contributed by atoms with E-state index in [1.807, 2.05) is 18.2 Å². The van der Waals surface area contributed by atoms with E-state index in [0.717, 1.165) is 36.7 Å². The largest absolute Gasteiger partial charge is 0.497 e. The van der Waals surface area contributed by atoms with Crippen molar-refractivity contribution in [2.75, 3.05) is 18.6 Å². The molecule has 1 heterocycles. The van der Waals surface area contributed by atoms with Gasteiger partial charge in [-0.1, -0.05) is 13.0 Å². The monoisotopic (exact) mass is 259 g/mol. The first-order chi connectivity index (χ1) is 9.14. The van der Waals surface area contributed by atoms with Gasteiger partial charge in [-0.25, -0.2) is 0 Å². The Labute approximate surface area is 114 Å². The number of hydrogen-bond acceptors (Lipinski definition) is 4. The lowest BCUT2D eigenvalue weighted by Crippen LogP contribution is -2.50. The van der Waals surface area contributed by atoms with Crippen molar-refractivity contribution >= 4 is 11.6 Å². The molecule has 1 saturated carbocycles. The summed E-state index contributed by atoms with van der Waals surface area (Å²) in [5.41, 5.74) is 7.32. The fourth-order valence-electron chi connectivity index (χ4n) is 3.48. The lowest BCUT2D eigenvalue weighted by Gasteiger charge is -2.36. The number of anilines is 1. The molecule has 19 heavy (non-hydrogen) atoms. The maximum absolute atomic E-state index is 6.14. The quantitative estimate of drug-likeness (QED) is 0.887. The van der Waals surface area contributed by atoms with E-state index in [1.54, 1.807) is 7.11 Å². The van der Waals surface area contributed by atoms with Gasteiger partial charge in [0.25, 0.3) is 0 Å². The van der Waals surface area contributed by atoms with E-state index in [9.17, 15) is 0 Å². The molecule has 1 aromatic rings. The highest BCUT2D eigenvalue weighted by Crippen LogP contribution is 2.44. The molecule has 0 saturated heterocycles. The maximum Gasteiger partial charge on any atom is 0.196 e. The molecule has 0 bridgehead atoms.